The van der Waals surface area contributed by atoms with Crippen LogP contribution in [0.3, 0.4) is 0 Å². The lowest BCUT2D eigenvalue weighted by Crippen LogP contribution is -2.57. The predicted octanol–water partition coefficient (Wildman–Crippen LogP) is 0.723. The lowest BCUT2D eigenvalue weighted by Gasteiger charge is -2.31. The van der Waals surface area contributed by atoms with Crippen LogP contribution in [0.5, 0.6) is 0 Å². The molecule has 1 heterocycles. The van der Waals surface area contributed by atoms with Crippen molar-refractivity contribution in [2.24, 2.45) is 0 Å². The molecule has 0 aromatic rings. The molecule has 0 spiro atoms. The average molecular weight is 245 g/mol. The molecule has 1 rings (SSSR count). The number of esters is 1. The molecular weight excluding hydrogens is 222 g/mol. The SMILES string of the molecule is CCC(COC)(NCC1CCCO1)C(=O)OC. The molecule has 2 atom stereocenters. The highest BCUT2D eigenvalue weighted by atomic mass is 16.5. The van der Waals surface area contributed by atoms with Crippen molar-refractivity contribution >= 4 is 5.97 Å². The van der Waals surface area contributed by atoms with Crippen LogP contribution >= 0.6 is 0 Å². The van der Waals surface area contributed by atoms with E-state index in [1.807, 2.05) is 6.92 Å². The van der Waals surface area contributed by atoms with Crippen LogP contribution in [0.15, 0.2) is 0 Å². The zero-order valence-corrected chi connectivity index (χ0v) is 11.0. The van der Waals surface area contributed by atoms with Gasteiger partial charge in [-0.1, -0.05) is 6.92 Å². The Kier molecular flexibility index (Phi) is 5.88. The first-order valence-corrected chi connectivity index (χ1v) is 6.12. The van der Waals surface area contributed by atoms with E-state index in [-0.39, 0.29) is 12.1 Å². The van der Waals surface area contributed by atoms with E-state index in [1.165, 1.54) is 7.11 Å². The first-order valence-electron chi connectivity index (χ1n) is 6.12. The monoisotopic (exact) mass is 245 g/mol. The fourth-order valence-electron chi connectivity index (χ4n) is 2.11. The summed E-state index contributed by atoms with van der Waals surface area (Å²) in [5.41, 5.74) is -0.755. The van der Waals surface area contributed by atoms with Crippen LogP contribution in [-0.4, -0.2) is 51.6 Å². The van der Waals surface area contributed by atoms with E-state index in [0.29, 0.717) is 19.6 Å². The maximum Gasteiger partial charge on any atom is 0.328 e. The zero-order valence-electron chi connectivity index (χ0n) is 11.0. The van der Waals surface area contributed by atoms with Gasteiger partial charge in [0.2, 0.25) is 0 Å². The molecule has 0 bridgehead atoms. The Bertz CT molecular complexity index is 241. The highest BCUT2D eigenvalue weighted by Gasteiger charge is 2.38. The minimum absolute atomic E-state index is 0.197. The zero-order chi connectivity index (χ0) is 12.7. The van der Waals surface area contributed by atoms with Gasteiger partial charge >= 0.3 is 5.97 Å². The highest BCUT2D eigenvalue weighted by Crippen LogP contribution is 2.16. The molecule has 5 nitrogen and oxygen atoms in total. The van der Waals surface area contributed by atoms with Crippen LogP contribution in [0.1, 0.15) is 26.2 Å². The Labute approximate surface area is 103 Å². The normalized spacial score (nSPS) is 23.4. The molecule has 1 fully saturated rings. The average Bonchev–Trinajstić information content (AvgIpc) is 2.86. The maximum absolute atomic E-state index is 11.9. The van der Waals surface area contributed by atoms with Crippen molar-refractivity contribution in [3.63, 3.8) is 0 Å². The van der Waals surface area contributed by atoms with Crippen LogP contribution in [0, 0.1) is 0 Å². The Balaban J connectivity index is 2.57. The van der Waals surface area contributed by atoms with Crippen molar-refractivity contribution < 1.29 is 19.0 Å². The van der Waals surface area contributed by atoms with Gasteiger partial charge < -0.3 is 14.2 Å². The molecule has 0 amide bonds. The third kappa shape index (κ3) is 3.66. The molecule has 17 heavy (non-hydrogen) atoms. The van der Waals surface area contributed by atoms with Gasteiger partial charge in [0.05, 0.1) is 19.8 Å². The largest absolute Gasteiger partial charge is 0.468 e. The van der Waals surface area contributed by atoms with Gasteiger partial charge in [-0.05, 0) is 19.3 Å². The molecule has 1 saturated heterocycles. The molecule has 2 unspecified atom stereocenters. The molecule has 100 valence electrons. The summed E-state index contributed by atoms with van der Waals surface area (Å²) in [5, 5.41) is 3.25. The van der Waals surface area contributed by atoms with E-state index in [9.17, 15) is 4.79 Å². The fourth-order valence-corrected chi connectivity index (χ4v) is 2.11. The van der Waals surface area contributed by atoms with Crippen LogP contribution in [0.2, 0.25) is 0 Å². The second kappa shape index (κ2) is 6.93. The summed E-state index contributed by atoms with van der Waals surface area (Å²) in [6.45, 7) is 3.72. The van der Waals surface area contributed by atoms with Gasteiger partial charge in [-0.15, -0.1) is 0 Å². The van der Waals surface area contributed by atoms with E-state index in [2.05, 4.69) is 5.32 Å². The number of carbonyl (C=O) groups is 1. The Hall–Kier alpha value is -0.650. The second-order valence-corrected chi connectivity index (χ2v) is 4.38. The summed E-state index contributed by atoms with van der Waals surface area (Å²) in [6, 6.07) is 0. The Morgan fingerprint density at radius 3 is 2.76 bits per heavy atom. The standard InChI is InChI=1S/C12H23NO4/c1-4-12(9-15-2,11(14)16-3)13-8-10-6-5-7-17-10/h10,13H,4-9H2,1-3H3. The first-order chi connectivity index (χ1) is 8.18. The summed E-state index contributed by atoms with van der Waals surface area (Å²) in [7, 11) is 2.98. The summed E-state index contributed by atoms with van der Waals surface area (Å²) in [6.07, 6.45) is 2.96. The minimum atomic E-state index is -0.755. The summed E-state index contributed by atoms with van der Waals surface area (Å²) in [5.74, 6) is -0.278. The summed E-state index contributed by atoms with van der Waals surface area (Å²) >= 11 is 0. The molecule has 1 aliphatic rings. The molecule has 0 saturated carbocycles. The quantitative estimate of drug-likeness (QED) is 0.670. The number of ether oxygens (including phenoxy) is 3. The summed E-state index contributed by atoms with van der Waals surface area (Å²) < 4.78 is 15.5. The lowest BCUT2D eigenvalue weighted by atomic mass is 9.96. The molecule has 1 N–H and O–H groups in total. The van der Waals surface area contributed by atoms with Gasteiger partial charge in [-0.2, -0.15) is 0 Å². The smallest absolute Gasteiger partial charge is 0.328 e. The molecule has 5 heteroatoms. The van der Waals surface area contributed by atoms with Gasteiger partial charge in [0.25, 0.3) is 0 Å². The van der Waals surface area contributed by atoms with Gasteiger partial charge in [-0.25, -0.2) is 4.79 Å². The molecule has 0 aliphatic carbocycles. The highest BCUT2D eigenvalue weighted by molar-refractivity contribution is 5.80. The minimum Gasteiger partial charge on any atom is -0.468 e. The van der Waals surface area contributed by atoms with Gasteiger partial charge in [-0.3, -0.25) is 5.32 Å². The van der Waals surface area contributed by atoms with Crippen LogP contribution in [0.4, 0.5) is 0 Å². The van der Waals surface area contributed by atoms with Gasteiger partial charge in [0, 0.05) is 20.3 Å². The summed E-state index contributed by atoms with van der Waals surface area (Å²) in [4.78, 5) is 11.9. The molecule has 0 aromatic heterocycles. The molecular formula is C12H23NO4. The molecule has 0 radical (unpaired) electrons. The molecule has 0 aromatic carbocycles. The van der Waals surface area contributed by atoms with Crippen molar-refractivity contribution in [2.75, 3.05) is 34.0 Å². The van der Waals surface area contributed by atoms with Crippen molar-refractivity contribution in [1.29, 1.82) is 0 Å². The Morgan fingerprint density at radius 1 is 1.53 bits per heavy atom. The van der Waals surface area contributed by atoms with E-state index in [4.69, 9.17) is 14.2 Å². The second-order valence-electron chi connectivity index (χ2n) is 4.38. The number of methoxy groups -OCH3 is 2. The maximum atomic E-state index is 11.9. The van der Waals surface area contributed by atoms with Gasteiger partial charge in [0.15, 0.2) is 0 Å². The number of hydrogen-bond donors (Lipinski definition) is 1. The lowest BCUT2D eigenvalue weighted by molar-refractivity contribution is -0.151. The topological polar surface area (TPSA) is 56.8 Å². The van der Waals surface area contributed by atoms with E-state index in [0.717, 1.165) is 19.4 Å². The van der Waals surface area contributed by atoms with Crippen LogP contribution < -0.4 is 5.32 Å². The van der Waals surface area contributed by atoms with E-state index >= 15 is 0 Å². The van der Waals surface area contributed by atoms with Crippen LogP contribution in [-0.2, 0) is 19.0 Å². The van der Waals surface area contributed by atoms with Crippen molar-refractivity contribution in [3.05, 3.63) is 0 Å². The number of nitrogens with one attached hydrogen (secondary N) is 1. The van der Waals surface area contributed by atoms with Gasteiger partial charge in [0.1, 0.15) is 5.54 Å². The molecule has 1 aliphatic heterocycles. The Morgan fingerprint density at radius 2 is 2.29 bits per heavy atom. The fraction of sp³-hybridized carbons (Fsp3) is 0.917. The number of rotatable bonds is 7. The number of hydrogen-bond acceptors (Lipinski definition) is 5. The van der Waals surface area contributed by atoms with Crippen molar-refractivity contribution in [1.82, 2.24) is 5.32 Å². The van der Waals surface area contributed by atoms with Crippen LogP contribution in [0.25, 0.3) is 0 Å². The van der Waals surface area contributed by atoms with Crippen molar-refractivity contribution in [2.45, 2.75) is 37.8 Å². The van der Waals surface area contributed by atoms with Crippen molar-refractivity contribution in [3.8, 4) is 0 Å². The van der Waals surface area contributed by atoms with E-state index < -0.39 is 5.54 Å². The van der Waals surface area contributed by atoms with E-state index in [1.54, 1.807) is 7.11 Å². The third-order valence-electron chi connectivity index (χ3n) is 3.26. The number of carbonyl (C=O) groups excluding carboxylic acids is 1. The predicted molar refractivity (Wildman–Crippen MR) is 63.9 cm³/mol. The third-order valence-corrected chi connectivity index (χ3v) is 3.26. The first kappa shape index (κ1) is 14.4.